The smallest absolute Gasteiger partial charge is 0.475 e. The fraction of sp³-hybridized carbons (Fsp3) is 0.818. The largest absolute Gasteiger partial charge is 0.490 e. The first-order valence-corrected chi connectivity index (χ1v) is 6.68. The van der Waals surface area contributed by atoms with Crippen LogP contribution < -0.4 is 5.32 Å². The number of hydrogen-bond donors (Lipinski definition) is 7. The van der Waals surface area contributed by atoms with Gasteiger partial charge in [-0.15, -0.1) is 0 Å². The number of halogens is 3. The molecule has 0 amide bonds. The van der Waals surface area contributed by atoms with E-state index in [1.165, 1.54) is 4.90 Å². The van der Waals surface area contributed by atoms with Gasteiger partial charge in [0.1, 0.15) is 12.2 Å². The minimum absolute atomic E-state index is 0.331. The molecule has 2 aliphatic rings. The summed E-state index contributed by atoms with van der Waals surface area (Å²) in [5.74, 6) is -4.80. The van der Waals surface area contributed by atoms with Crippen LogP contribution in [-0.4, -0.2) is 104 Å². The molecule has 2 heterocycles. The summed E-state index contributed by atoms with van der Waals surface area (Å²) in [7, 11) is 0. The number of nitrogens with zero attached hydrogens (tertiary/aromatic N) is 2. The number of β-amino-alcohol motifs (C(OH)–C–C–N with tert-alkyl or cyclic N) is 2. The molecule has 0 unspecified atom stereocenters. The summed E-state index contributed by atoms with van der Waals surface area (Å²) in [4.78, 5) is 14.3. The zero-order chi connectivity index (χ0) is 18.7. The first kappa shape index (κ1) is 20.4. The van der Waals surface area contributed by atoms with E-state index < -0.39 is 42.8 Å². The van der Waals surface area contributed by atoms with Gasteiger partial charge in [0.15, 0.2) is 5.96 Å². The van der Waals surface area contributed by atoms with E-state index in [0.717, 1.165) is 0 Å². The molecule has 0 aromatic carbocycles. The highest BCUT2D eigenvalue weighted by atomic mass is 19.4. The van der Waals surface area contributed by atoms with Gasteiger partial charge >= 0.3 is 12.1 Å². The minimum Gasteiger partial charge on any atom is -0.475 e. The van der Waals surface area contributed by atoms with Crippen LogP contribution in [0.4, 0.5) is 13.2 Å². The SMILES string of the molecule is O=C(O)C(F)(F)F.OC[C@H]1[C@@H](O)[C@H](O)C(O)(O)CN1C1=NCCN1. The third-order valence-corrected chi connectivity index (χ3v) is 3.35. The maximum Gasteiger partial charge on any atom is 0.490 e. The summed E-state index contributed by atoms with van der Waals surface area (Å²) >= 11 is 0. The molecule has 0 spiro atoms. The van der Waals surface area contributed by atoms with Crippen molar-refractivity contribution in [2.45, 2.75) is 30.2 Å². The Morgan fingerprint density at radius 3 is 2.29 bits per heavy atom. The first-order chi connectivity index (χ1) is 10.9. The highest BCUT2D eigenvalue weighted by Gasteiger charge is 2.51. The fourth-order valence-electron chi connectivity index (χ4n) is 2.15. The number of carboxylic acid groups (broad SMARTS) is 1. The molecule has 0 aromatic heterocycles. The Kier molecular flexibility index (Phi) is 6.35. The highest BCUT2D eigenvalue weighted by Crippen LogP contribution is 2.25. The molecule has 10 nitrogen and oxygen atoms in total. The van der Waals surface area contributed by atoms with Crippen LogP contribution in [0.2, 0.25) is 0 Å². The summed E-state index contributed by atoms with van der Waals surface area (Å²) < 4.78 is 31.7. The van der Waals surface area contributed by atoms with E-state index in [-0.39, 0.29) is 6.54 Å². The van der Waals surface area contributed by atoms with Gasteiger partial charge in [-0.05, 0) is 0 Å². The molecule has 1 saturated heterocycles. The fourth-order valence-corrected chi connectivity index (χ4v) is 2.15. The van der Waals surface area contributed by atoms with Crippen LogP contribution in [0.1, 0.15) is 0 Å². The maximum atomic E-state index is 10.6. The number of aliphatic hydroxyl groups excluding tert-OH is 3. The van der Waals surface area contributed by atoms with Gasteiger partial charge in [-0.1, -0.05) is 0 Å². The summed E-state index contributed by atoms with van der Waals surface area (Å²) in [6, 6.07) is -0.818. The third-order valence-electron chi connectivity index (χ3n) is 3.35. The molecule has 13 heteroatoms. The van der Waals surface area contributed by atoms with Crippen LogP contribution in [0, 0.1) is 0 Å². The summed E-state index contributed by atoms with van der Waals surface area (Å²) in [5, 5.41) is 57.7. The molecule has 0 bridgehead atoms. The molecule has 7 N–H and O–H groups in total. The number of aliphatic imine (C=N–C) groups is 1. The van der Waals surface area contributed by atoms with Gasteiger partial charge in [0.05, 0.1) is 25.7 Å². The van der Waals surface area contributed by atoms with Crippen LogP contribution >= 0.6 is 0 Å². The van der Waals surface area contributed by atoms with E-state index in [9.17, 15) is 38.7 Å². The highest BCUT2D eigenvalue weighted by molar-refractivity contribution is 5.82. The zero-order valence-electron chi connectivity index (χ0n) is 12.2. The predicted octanol–water partition coefficient (Wildman–Crippen LogP) is -3.34. The normalized spacial score (nSPS) is 29.2. The number of hydrogen-bond acceptors (Lipinski definition) is 9. The summed E-state index contributed by atoms with van der Waals surface area (Å²) in [6.07, 6.45) is -8.27. The van der Waals surface area contributed by atoms with Gasteiger partial charge in [0.25, 0.3) is 0 Å². The molecule has 140 valence electrons. The van der Waals surface area contributed by atoms with Gasteiger partial charge in [0.2, 0.25) is 5.79 Å². The van der Waals surface area contributed by atoms with E-state index in [4.69, 9.17) is 9.90 Å². The molecular weight excluding hydrogens is 343 g/mol. The van der Waals surface area contributed by atoms with Gasteiger partial charge in [-0.2, -0.15) is 13.2 Å². The number of aliphatic carboxylic acids is 1. The lowest BCUT2D eigenvalue weighted by Crippen LogP contribution is -2.70. The lowest BCUT2D eigenvalue weighted by molar-refractivity contribution is -0.280. The number of carboxylic acids is 1. The number of alkyl halides is 3. The molecule has 0 aromatic rings. The van der Waals surface area contributed by atoms with E-state index in [0.29, 0.717) is 19.0 Å². The van der Waals surface area contributed by atoms with Gasteiger partial charge < -0.3 is 40.9 Å². The number of nitrogens with one attached hydrogen (secondary N) is 1. The van der Waals surface area contributed by atoms with Crippen LogP contribution in [0.25, 0.3) is 0 Å². The van der Waals surface area contributed by atoms with Crippen molar-refractivity contribution in [3.63, 3.8) is 0 Å². The second-order valence-electron chi connectivity index (χ2n) is 5.13. The zero-order valence-corrected chi connectivity index (χ0v) is 12.2. The van der Waals surface area contributed by atoms with Gasteiger partial charge in [0, 0.05) is 6.54 Å². The van der Waals surface area contributed by atoms with Crippen molar-refractivity contribution in [2.75, 3.05) is 26.2 Å². The van der Waals surface area contributed by atoms with E-state index in [2.05, 4.69) is 10.3 Å². The summed E-state index contributed by atoms with van der Waals surface area (Å²) in [5.41, 5.74) is 0. The van der Waals surface area contributed by atoms with E-state index in [1.807, 2.05) is 0 Å². The molecule has 0 saturated carbocycles. The number of aliphatic hydroxyl groups is 5. The molecular formula is C11H18F3N3O7. The second kappa shape index (κ2) is 7.48. The van der Waals surface area contributed by atoms with Crippen LogP contribution in [0.5, 0.6) is 0 Å². The van der Waals surface area contributed by atoms with Crippen molar-refractivity contribution in [3.8, 4) is 0 Å². The molecule has 1 fully saturated rings. The van der Waals surface area contributed by atoms with Crippen molar-refractivity contribution in [1.82, 2.24) is 10.2 Å². The Bertz CT molecular complexity index is 486. The second-order valence-corrected chi connectivity index (χ2v) is 5.13. The Hall–Kier alpha value is -1.67. The van der Waals surface area contributed by atoms with Gasteiger partial charge in [-0.25, -0.2) is 4.79 Å². The van der Waals surface area contributed by atoms with Crippen LogP contribution in [0.15, 0.2) is 4.99 Å². The molecule has 3 atom stereocenters. The first-order valence-electron chi connectivity index (χ1n) is 6.68. The number of rotatable bonds is 1. The van der Waals surface area contributed by atoms with E-state index >= 15 is 0 Å². The Labute approximate surface area is 133 Å². The number of likely N-dealkylation sites (tertiary alicyclic amines) is 1. The van der Waals surface area contributed by atoms with Crippen LogP contribution in [-0.2, 0) is 4.79 Å². The molecule has 0 radical (unpaired) electrons. The van der Waals surface area contributed by atoms with Crippen molar-refractivity contribution >= 4 is 11.9 Å². The molecule has 24 heavy (non-hydrogen) atoms. The van der Waals surface area contributed by atoms with Crippen LogP contribution in [0.3, 0.4) is 0 Å². The number of carbonyl (C=O) groups is 1. The Morgan fingerprint density at radius 1 is 1.38 bits per heavy atom. The monoisotopic (exact) mass is 361 g/mol. The predicted molar refractivity (Wildman–Crippen MR) is 70.8 cm³/mol. The van der Waals surface area contributed by atoms with Crippen molar-refractivity contribution in [3.05, 3.63) is 0 Å². The maximum absolute atomic E-state index is 10.6. The number of piperidine rings is 1. The van der Waals surface area contributed by atoms with Crippen molar-refractivity contribution in [1.29, 1.82) is 0 Å². The minimum atomic E-state index is -5.08. The number of guanidine groups is 1. The lowest BCUT2D eigenvalue weighted by atomic mass is 9.92. The Balaban J connectivity index is 0.000000351. The quantitative estimate of drug-likeness (QED) is 0.236. The average molecular weight is 361 g/mol. The van der Waals surface area contributed by atoms with Crippen molar-refractivity contribution < 1.29 is 48.6 Å². The lowest BCUT2D eigenvalue weighted by Gasteiger charge is -2.47. The average Bonchev–Trinajstić information content (AvgIpc) is 2.98. The molecule has 2 rings (SSSR count). The van der Waals surface area contributed by atoms with Gasteiger partial charge in [-0.3, -0.25) is 4.99 Å². The summed E-state index contributed by atoms with van der Waals surface area (Å²) in [6.45, 7) is 0.413. The Morgan fingerprint density at radius 2 is 1.92 bits per heavy atom. The molecule has 0 aliphatic carbocycles. The topological polar surface area (TPSA) is 166 Å². The third kappa shape index (κ3) is 4.67. The van der Waals surface area contributed by atoms with E-state index in [1.54, 1.807) is 0 Å². The molecule has 2 aliphatic heterocycles. The standard InChI is InChI=1S/C9H17N3O5.C2HF3O2/c13-3-5-6(14)7(15)9(16,17)4-12(5)8-10-1-2-11-8;3-2(4,5)1(6)7/h5-7,13-17H,1-4H2,(H,10,11);(H,6,7)/t5-,6+,7-;/m0./s1. The van der Waals surface area contributed by atoms with Crippen molar-refractivity contribution in [2.24, 2.45) is 4.99 Å².